The summed E-state index contributed by atoms with van der Waals surface area (Å²) in [6.45, 7) is 68.4. The maximum Gasteiger partial charge on any atom is 0.680 e. The first kappa shape index (κ1) is 156. The average Bonchev–Trinajstić information content (AvgIpc) is 0.830. The number of rotatable bonds is 82. The van der Waals surface area contributed by atoms with E-state index in [0.717, 1.165) is 57.8 Å². The van der Waals surface area contributed by atoms with E-state index < -0.39 is 91.0 Å². The van der Waals surface area contributed by atoms with Crippen LogP contribution in [0.3, 0.4) is 0 Å². The van der Waals surface area contributed by atoms with Gasteiger partial charge in [0.1, 0.15) is 0 Å². The van der Waals surface area contributed by atoms with Crippen LogP contribution in [0.1, 0.15) is 265 Å². The van der Waals surface area contributed by atoms with Gasteiger partial charge < -0.3 is 239 Å². The second kappa shape index (κ2) is 85.8. The van der Waals surface area contributed by atoms with Gasteiger partial charge in [0.2, 0.25) is 0 Å². The van der Waals surface area contributed by atoms with Crippen molar-refractivity contribution in [3.8, 4) is 0 Å². The molecule has 0 aromatic rings. The van der Waals surface area contributed by atoms with E-state index in [4.69, 9.17) is 239 Å². The highest BCUT2D eigenvalue weighted by atomic mass is 28.4. The second-order valence-electron chi connectivity index (χ2n) is 41.1. The zero-order chi connectivity index (χ0) is 113. The lowest BCUT2D eigenvalue weighted by Crippen LogP contribution is -2.58. The standard InChI is InChI=1S/C17H41N3O4Si.C15H38N4O4Si.C14H34N2O4Si.2C13H33N3O4Si.C9H25N3O4Si.C8H22N2O4Si/c1-14(2,3)10-21-25(22-11-15(4,5)18,23-12-16(6,7)19)24-13-17(8,9)20;1-5-13(17)9-21-24(20-8-12(4)16,22-10-14(18)6-2)23-11-15(19)7-3;1-12(2,3)9-18-21(17-8,19-10-13(4,5)15)20-11-14(6,7)16;1-6-10(2)17-21(18-11(3)7-14,19-12(4)8-15)20-13(5)9-16;1-5-11(14)8-18-21(17-4,19-9-12(15)6-2)20-10-13(16)7-3;1-2-6-13-17(14-7-3-10,15-8-4-11)16-9-5-12;1-3-6-12-15(11-2,13-7-4-9)14-8-5-10/h10-13,18-20H2,1-9H3;12-15H,5-11,16-19H2,1-4H3;9-11,15-16H2,1-8H3;10-13H,6-9,14-16H2,1-5H3;11-13H,5-10,14-16H2,1-4H3;2-12H2,1H3;3-10H2,1-2H3. The SMILES string of the molecule is CC(C)(C)CO[Si](OCC(C)(C)N)(OCC(C)(C)N)OCC(C)(C)N.CCC(C)O[Si](OC(C)CN)(OC(C)CN)OC(C)CN.CCC(N)CO[Si](OC)(OCC(N)CC)OCC(N)CC.CCC(N)CO[Si](OCC(C)N)(OCC(N)CC)OCC(N)CC.CCCO[Si](OC)(OCCN)OCCN.CCCO[Si](OCCN)(OCCN)OCCN.CO[Si](OCC(C)(C)C)(OCC(C)(C)N)OCC(C)(C)N. The van der Waals surface area contributed by atoms with Gasteiger partial charge in [0.25, 0.3) is 0 Å². The Morgan fingerprint density at radius 3 is 0.583 bits per heavy atom. The first-order valence-electron chi connectivity index (χ1n) is 51.2. The molecule has 0 fully saturated rings. The molecule has 0 saturated heterocycles. The molecule has 0 aromatic carbocycles. The van der Waals surface area contributed by atoms with Crippen molar-refractivity contribution in [2.24, 2.45) is 126 Å². The highest BCUT2D eigenvalue weighted by Crippen LogP contribution is 2.27. The third kappa shape index (κ3) is 91.8. The summed E-state index contributed by atoms with van der Waals surface area (Å²) >= 11 is 0. The summed E-state index contributed by atoms with van der Waals surface area (Å²) in [6.07, 6.45) is 6.50. The molecular formula is C89H226N20O28Si7. The van der Waals surface area contributed by atoms with E-state index in [1.165, 1.54) is 21.3 Å². The van der Waals surface area contributed by atoms with Crippen molar-refractivity contribution in [1.29, 1.82) is 0 Å². The lowest BCUT2D eigenvalue weighted by molar-refractivity contribution is -0.0925. The Kier molecular flexibility index (Phi) is 93.2. The first-order chi connectivity index (χ1) is 66.5. The molecule has 878 valence electrons. The molecule has 0 amide bonds. The van der Waals surface area contributed by atoms with Gasteiger partial charge in [-0.25, -0.2) is 0 Å². The molecule has 11 unspecified atom stereocenters. The van der Waals surface area contributed by atoms with Crippen LogP contribution in [0.4, 0.5) is 0 Å². The zero-order valence-corrected chi connectivity index (χ0v) is 103. The Bertz CT molecular complexity index is 2580. The van der Waals surface area contributed by atoms with Crippen LogP contribution in [0.15, 0.2) is 0 Å². The van der Waals surface area contributed by atoms with E-state index in [-0.39, 0.29) is 137 Å². The molecule has 0 aliphatic heterocycles. The minimum Gasteiger partial charge on any atom is -0.355 e. The Hall–Kier alpha value is -0.402. The molecule has 11 atom stereocenters. The lowest BCUT2D eigenvalue weighted by Gasteiger charge is -2.36. The average molecular weight is 2220 g/mol. The van der Waals surface area contributed by atoms with Crippen molar-refractivity contribution < 1.29 is 124 Å². The van der Waals surface area contributed by atoms with Crippen LogP contribution in [0.5, 0.6) is 0 Å². The monoisotopic (exact) mass is 2220 g/mol. The summed E-state index contributed by atoms with van der Waals surface area (Å²) in [6, 6.07) is -0.794. The summed E-state index contributed by atoms with van der Waals surface area (Å²) in [7, 11) is -18.3. The van der Waals surface area contributed by atoms with Crippen LogP contribution in [0, 0.1) is 10.8 Å². The molecule has 0 aliphatic carbocycles. The highest BCUT2D eigenvalue weighted by molar-refractivity contribution is 6.56. The fourth-order valence-corrected chi connectivity index (χ4v) is 24.3. The van der Waals surface area contributed by atoms with E-state index in [2.05, 4.69) is 41.5 Å². The van der Waals surface area contributed by atoms with Gasteiger partial charge >= 0.3 is 63.3 Å². The van der Waals surface area contributed by atoms with E-state index in [0.29, 0.717) is 132 Å². The number of nitrogens with two attached hydrogens (primary N) is 20. The maximum absolute atomic E-state index is 6.09. The topological polar surface area (TPSA) is 779 Å². The third-order valence-corrected chi connectivity index (χ3v) is 32.9. The molecule has 0 aliphatic rings. The Morgan fingerprint density at radius 2 is 0.382 bits per heavy atom. The van der Waals surface area contributed by atoms with Gasteiger partial charge in [0.05, 0.1) is 131 Å². The molecule has 40 N–H and O–H groups in total. The number of hydrogen-bond acceptors (Lipinski definition) is 48. The van der Waals surface area contributed by atoms with Crippen molar-refractivity contribution in [3.63, 3.8) is 0 Å². The van der Waals surface area contributed by atoms with E-state index in [1.54, 1.807) is 0 Å². The summed E-state index contributed by atoms with van der Waals surface area (Å²) in [5.41, 5.74) is 113. The summed E-state index contributed by atoms with van der Waals surface area (Å²) in [5.74, 6) is 0. The van der Waals surface area contributed by atoms with Gasteiger partial charge in [-0.1, -0.05) is 104 Å². The van der Waals surface area contributed by atoms with Crippen molar-refractivity contribution in [2.75, 3.05) is 212 Å². The predicted octanol–water partition coefficient (Wildman–Crippen LogP) is 2.31. The first-order valence-corrected chi connectivity index (χ1v) is 62.6. The fraction of sp³-hybridized carbons (Fsp3) is 1.00. The third-order valence-electron chi connectivity index (χ3n) is 17.6. The highest BCUT2D eigenvalue weighted by Gasteiger charge is 2.55. The molecule has 0 spiro atoms. The molecule has 0 radical (unpaired) electrons. The molecule has 0 saturated carbocycles. The van der Waals surface area contributed by atoms with Crippen LogP contribution >= 0.6 is 0 Å². The van der Waals surface area contributed by atoms with Crippen LogP contribution in [0.2, 0.25) is 0 Å². The lowest BCUT2D eigenvalue weighted by atomic mass is 9.99. The van der Waals surface area contributed by atoms with Crippen molar-refractivity contribution in [1.82, 2.24) is 0 Å². The van der Waals surface area contributed by atoms with Crippen LogP contribution in [-0.2, 0) is 124 Å². The Balaban J connectivity index is -0.000000306. The smallest absolute Gasteiger partial charge is 0.355 e. The Labute approximate surface area is 880 Å². The Morgan fingerprint density at radius 1 is 0.208 bits per heavy atom. The maximum atomic E-state index is 6.09. The normalized spacial score (nSPS) is 16.4. The van der Waals surface area contributed by atoms with Crippen molar-refractivity contribution in [3.05, 3.63) is 0 Å². The van der Waals surface area contributed by atoms with Gasteiger partial charge in [0, 0.05) is 176 Å². The van der Waals surface area contributed by atoms with Gasteiger partial charge in [-0.2, -0.15) is 0 Å². The van der Waals surface area contributed by atoms with Gasteiger partial charge in [-0.15, -0.1) is 0 Å². The molecular weight excluding hydrogens is 1990 g/mol. The van der Waals surface area contributed by atoms with Crippen molar-refractivity contribution in [2.45, 2.75) is 360 Å². The largest absolute Gasteiger partial charge is 0.680 e. The summed E-state index contributed by atoms with van der Waals surface area (Å²) < 4.78 is 161. The minimum absolute atomic E-state index is 0.0278. The fourth-order valence-electron chi connectivity index (χ4n) is 8.59. The van der Waals surface area contributed by atoms with Crippen LogP contribution in [0.25, 0.3) is 0 Å². The quantitative estimate of drug-likeness (QED) is 0.0388. The molecule has 0 bridgehead atoms. The summed E-state index contributed by atoms with van der Waals surface area (Å²) in [5, 5.41) is 0. The van der Waals surface area contributed by atoms with Crippen LogP contribution in [-0.4, -0.2) is 370 Å². The predicted molar refractivity (Wildman–Crippen MR) is 585 cm³/mol. The molecule has 0 aromatic heterocycles. The van der Waals surface area contributed by atoms with Gasteiger partial charge in [-0.05, 0) is 172 Å². The molecule has 48 nitrogen and oxygen atoms in total. The van der Waals surface area contributed by atoms with Crippen LogP contribution < -0.4 is 115 Å². The van der Waals surface area contributed by atoms with E-state index in [9.17, 15) is 0 Å². The van der Waals surface area contributed by atoms with Gasteiger partial charge in [0.15, 0.2) is 0 Å². The summed E-state index contributed by atoms with van der Waals surface area (Å²) in [4.78, 5) is 0. The number of hydrogen-bond donors (Lipinski definition) is 20. The van der Waals surface area contributed by atoms with Crippen molar-refractivity contribution >= 4 is 63.3 Å². The second-order valence-corrected chi connectivity index (χ2v) is 56.3. The van der Waals surface area contributed by atoms with E-state index in [1.807, 2.05) is 166 Å². The molecule has 0 rings (SSSR count). The molecule has 144 heavy (non-hydrogen) atoms. The van der Waals surface area contributed by atoms with E-state index >= 15 is 0 Å². The molecule has 55 heteroatoms. The minimum atomic E-state index is -3.47. The van der Waals surface area contributed by atoms with Gasteiger partial charge in [-0.3, -0.25) is 0 Å². The zero-order valence-electron chi connectivity index (χ0n) is 96.2. The molecule has 0 heterocycles.